The molecule has 1 amide bonds. The number of amides is 1. The first-order valence-corrected chi connectivity index (χ1v) is 8.83. The van der Waals surface area contributed by atoms with Crippen LogP contribution in [0.25, 0.3) is 11.3 Å². The Morgan fingerprint density at radius 3 is 2.92 bits per heavy atom. The summed E-state index contributed by atoms with van der Waals surface area (Å²) in [5.74, 6) is 0.735. The average molecular weight is 367 g/mol. The maximum atomic E-state index is 12.5. The van der Waals surface area contributed by atoms with E-state index in [0.29, 0.717) is 22.1 Å². The van der Waals surface area contributed by atoms with Crippen LogP contribution in [0.5, 0.6) is 5.75 Å². The molecular weight excluding hydrogens is 350 g/mol. The summed E-state index contributed by atoms with van der Waals surface area (Å²) in [5, 5.41) is 16.5. The number of anilines is 1. The van der Waals surface area contributed by atoms with Crippen LogP contribution in [0.4, 0.5) is 5.00 Å². The molecule has 0 bridgehead atoms. The van der Waals surface area contributed by atoms with Gasteiger partial charge >= 0.3 is 0 Å². The Kier molecular flexibility index (Phi) is 5.05. The number of ether oxygens (including phenoxy) is 1. The second-order valence-corrected chi connectivity index (χ2v) is 6.79. The molecule has 3 aromatic rings. The summed E-state index contributed by atoms with van der Waals surface area (Å²) in [4.78, 5) is 13.5. The molecule has 0 aliphatic rings. The van der Waals surface area contributed by atoms with Crippen LogP contribution < -0.4 is 10.1 Å². The van der Waals surface area contributed by atoms with Crippen LogP contribution in [0.1, 0.15) is 33.4 Å². The van der Waals surface area contributed by atoms with E-state index in [9.17, 15) is 10.1 Å². The van der Waals surface area contributed by atoms with Crippen molar-refractivity contribution in [2.45, 2.75) is 20.3 Å². The molecule has 0 aliphatic heterocycles. The molecule has 0 atom stereocenters. The maximum Gasteiger partial charge on any atom is 0.278 e. The number of nitrogens with one attached hydrogen (secondary N) is 1. The summed E-state index contributed by atoms with van der Waals surface area (Å²) in [6.07, 6.45) is 0.741. The second kappa shape index (κ2) is 7.42. The average Bonchev–Trinajstić information content (AvgIpc) is 3.26. The Hall–Kier alpha value is -3.11. The van der Waals surface area contributed by atoms with Crippen LogP contribution in [0, 0.1) is 18.3 Å². The van der Waals surface area contributed by atoms with Crippen LogP contribution in [0.3, 0.4) is 0 Å². The lowest BCUT2D eigenvalue weighted by Crippen LogP contribution is -2.12. The first-order chi connectivity index (χ1) is 12.6. The van der Waals surface area contributed by atoms with Gasteiger partial charge in [0.15, 0.2) is 11.5 Å². The number of nitriles is 1. The fraction of sp³-hybridized carbons (Fsp3) is 0.211. The number of carbonyl (C=O) groups excluding carboxylic acids is 1. The number of rotatable bonds is 5. The van der Waals surface area contributed by atoms with Crippen LogP contribution in [0.2, 0.25) is 0 Å². The summed E-state index contributed by atoms with van der Waals surface area (Å²) in [6, 6.07) is 11.0. The van der Waals surface area contributed by atoms with E-state index in [1.54, 1.807) is 19.2 Å². The highest BCUT2D eigenvalue weighted by molar-refractivity contribution is 7.16. The molecular formula is C19H17N3O3S. The van der Waals surface area contributed by atoms with Crippen LogP contribution in [0.15, 0.2) is 34.9 Å². The van der Waals surface area contributed by atoms with Gasteiger partial charge in [0.2, 0.25) is 0 Å². The molecule has 1 N–H and O–H groups in total. The van der Waals surface area contributed by atoms with Crippen molar-refractivity contribution in [2.24, 2.45) is 0 Å². The summed E-state index contributed by atoms with van der Waals surface area (Å²) in [7, 11) is 1.58. The van der Waals surface area contributed by atoms with Crippen molar-refractivity contribution in [3.05, 3.63) is 52.0 Å². The lowest BCUT2D eigenvalue weighted by molar-refractivity contribution is 0.101. The number of benzene rings is 1. The number of hydrogen-bond donors (Lipinski definition) is 1. The van der Waals surface area contributed by atoms with E-state index in [2.05, 4.69) is 16.5 Å². The standard InChI is InChI=1S/C19H17N3O3S/c1-4-14-11(2)26-19(15(14)10-20)21-18(23)16-9-17(25-22-16)12-6-5-7-13(8-12)24-3/h5-9H,4H2,1-3H3,(H,21,23). The second-order valence-electron chi connectivity index (χ2n) is 5.57. The van der Waals surface area contributed by atoms with Gasteiger partial charge in [0.1, 0.15) is 16.8 Å². The van der Waals surface area contributed by atoms with E-state index >= 15 is 0 Å². The van der Waals surface area contributed by atoms with Crippen molar-refractivity contribution >= 4 is 22.2 Å². The molecule has 0 unspecified atom stereocenters. The number of aromatic nitrogens is 1. The van der Waals surface area contributed by atoms with Crippen LogP contribution in [-0.4, -0.2) is 18.2 Å². The van der Waals surface area contributed by atoms with Crippen LogP contribution >= 0.6 is 11.3 Å². The van der Waals surface area contributed by atoms with Crippen molar-refractivity contribution in [3.8, 4) is 23.1 Å². The Bertz CT molecular complexity index is 998. The lowest BCUT2D eigenvalue weighted by atomic mass is 10.1. The Labute approximate surface area is 155 Å². The molecule has 132 valence electrons. The van der Waals surface area contributed by atoms with Gasteiger partial charge in [-0.3, -0.25) is 4.79 Å². The Morgan fingerprint density at radius 1 is 1.42 bits per heavy atom. The molecule has 0 fully saturated rings. The van der Waals surface area contributed by atoms with E-state index in [1.165, 1.54) is 11.3 Å². The number of carbonyl (C=O) groups is 1. The van der Waals surface area contributed by atoms with E-state index in [-0.39, 0.29) is 5.69 Å². The molecule has 1 aromatic carbocycles. The number of hydrogen-bond acceptors (Lipinski definition) is 6. The topological polar surface area (TPSA) is 88.2 Å². The molecule has 6 nitrogen and oxygen atoms in total. The number of nitrogens with zero attached hydrogens (tertiary/aromatic N) is 2. The van der Waals surface area contributed by atoms with Crippen molar-refractivity contribution in [2.75, 3.05) is 12.4 Å². The highest BCUT2D eigenvalue weighted by Gasteiger charge is 2.19. The molecule has 0 saturated heterocycles. The number of aryl methyl sites for hydroxylation is 1. The van der Waals surface area contributed by atoms with Gasteiger partial charge in [-0.15, -0.1) is 11.3 Å². The first kappa shape index (κ1) is 17.7. The highest BCUT2D eigenvalue weighted by Crippen LogP contribution is 2.33. The quantitative estimate of drug-likeness (QED) is 0.722. The predicted octanol–water partition coefficient (Wildman–Crippen LogP) is 4.41. The SMILES string of the molecule is CCc1c(C)sc(NC(=O)c2cc(-c3cccc(OC)c3)on2)c1C#N. The maximum absolute atomic E-state index is 12.5. The predicted molar refractivity (Wildman–Crippen MR) is 99.6 cm³/mol. The van der Waals surface area contributed by atoms with Gasteiger partial charge in [-0.05, 0) is 31.0 Å². The minimum absolute atomic E-state index is 0.149. The minimum Gasteiger partial charge on any atom is -0.497 e. The van der Waals surface area contributed by atoms with Crippen molar-refractivity contribution in [1.29, 1.82) is 5.26 Å². The zero-order valence-electron chi connectivity index (χ0n) is 14.6. The van der Waals surface area contributed by atoms with Gasteiger partial charge in [-0.25, -0.2) is 0 Å². The zero-order valence-corrected chi connectivity index (χ0v) is 15.4. The van der Waals surface area contributed by atoms with Crippen molar-refractivity contribution in [1.82, 2.24) is 5.16 Å². The Morgan fingerprint density at radius 2 is 2.23 bits per heavy atom. The number of thiophene rings is 1. The first-order valence-electron chi connectivity index (χ1n) is 8.02. The van der Waals surface area contributed by atoms with Gasteiger partial charge < -0.3 is 14.6 Å². The molecule has 7 heteroatoms. The summed E-state index contributed by atoms with van der Waals surface area (Å²) in [6.45, 7) is 3.93. The summed E-state index contributed by atoms with van der Waals surface area (Å²) < 4.78 is 10.5. The van der Waals surface area contributed by atoms with Crippen molar-refractivity contribution < 1.29 is 14.1 Å². The van der Waals surface area contributed by atoms with Crippen LogP contribution in [-0.2, 0) is 6.42 Å². The molecule has 3 rings (SSSR count). The molecule has 0 radical (unpaired) electrons. The fourth-order valence-electron chi connectivity index (χ4n) is 2.67. The monoisotopic (exact) mass is 367 g/mol. The molecule has 26 heavy (non-hydrogen) atoms. The largest absolute Gasteiger partial charge is 0.497 e. The zero-order chi connectivity index (χ0) is 18.7. The van der Waals surface area contributed by atoms with E-state index < -0.39 is 5.91 Å². The smallest absolute Gasteiger partial charge is 0.278 e. The normalized spacial score (nSPS) is 10.4. The third-order valence-electron chi connectivity index (χ3n) is 4.00. The third kappa shape index (κ3) is 3.32. The molecule has 2 heterocycles. The molecule has 0 aliphatic carbocycles. The third-order valence-corrected chi connectivity index (χ3v) is 5.06. The van der Waals surface area contributed by atoms with Gasteiger partial charge in [0.05, 0.1) is 12.7 Å². The molecule has 2 aromatic heterocycles. The highest BCUT2D eigenvalue weighted by atomic mass is 32.1. The van der Waals surface area contributed by atoms with Gasteiger partial charge in [-0.2, -0.15) is 5.26 Å². The summed E-state index contributed by atoms with van der Waals surface area (Å²) >= 11 is 1.39. The Balaban J connectivity index is 1.84. The number of methoxy groups -OCH3 is 1. The fourth-order valence-corrected chi connectivity index (χ4v) is 3.76. The van der Waals surface area contributed by atoms with Crippen molar-refractivity contribution in [3.63, 3.8) is 0 Å². The lowest BCUT2D eigenvalue weighted by Gasteiger charge is -2.01. The molecule has 0 saturated carbocycles. The van der Waals surface area contributed by atoms with E-state index in [0.717, 1.165) is 22.4 Å². The van der Waals surface area contributed by atoms with E-state index in [1.807, 2.05) is 32.0 Å². The summed E-state index contributed by atoms with van der Waals surface area (Å²) in [5.41, 5.74) is 2.38. The minimum atomic E-state index is -0.414. The van der Waals surface area contributed by atoms with Gasteiger partial charge in [-0.1, -0.05) is 24.2 Å². The molecule has 0 spiro atoms. The van der Waals surface area contributed by atoms with E-state index in [4.69, 9.17) is 9.26 Å². The van der Waals surface area contributed by atoms with Gasteiger partial charge in [0.25, 0.3) is 5.91 Å². The van der Waals surface area contributed by atoms with Gasteiger partial charge in [0, 0.05) is 16.5 Å².